The largest absolute Gasteiger partial charge is 0.329 e. The predicted octanol–water partition coefficient (Wildman–Crippen LogP) is 0.660. The van der Waals surface area contributed by atoms with Crippen LogP contribution in [0.4, 0.5) is 10.5 Å². The SMILES string of the molecule is Cc1cccc(NC(=O)N[C@H](C)[C@@H](c2ccccc2)[NH+]2CC[NH+](C)CC2)c1. The summed E-state index contributed by atoms with van der Waals surface area (Å²) in [6, 6.07) is 18.6. The molecule has 144 valence electrons. The number of hydrogen-bond acceptors (Lipinski definition) is 1. The lowest BCUT2D eigenvalue weighted by atomic mass is 9.98. The Morgan fingerprint density at radius 3 is 2.37 bits per heavy atom. The number of likely N-dealkylation sites (N-methyl/N-ethyl adjacent to an activating group) is 1. The fourth-order valence-electron chi connectivity index (χ4n) is 4.03. The molecule has 0 radical (unpaired) electrons. The molecule has 2 atom stereocenters. The Labute approximate surface area is 162 Å². The summed E-state index contributed by atoms with van der Waals surface area (Å²) in [6.45, 7) is 8.72. The lowest BCUT2D eigenvalue weighted by molar-refractivity contribution is -1.02. The van der Waals surface area contributed by atoms with Crippen molar-refractivity contribution in [3.05, 3.63) is 65.7 Å². The van der Waals surface area contributed by atoms with Crippen molar-refractivity contribution in [1.29, 1.82) is 0 Å². The smallest absolute Gasteiger partial charge is 0.319 e. The Kier molecular flexibility index (Phi) is 6.48. The van der Waals surface area contributed by atoms with Gasteiger partial charge in [0.2, 0.25) is 0 Å². The second-order valence-electron chi connectivity index (χ2n) is 7.76. The monoisotopic (exact) mass is 368 g/mol. The van der Waals surface area contributed by atoms with Crippen molar-refractivity contribution in [2.24, 2.45) is 0 Å². The number of rotatable bonds is 5. The maximum atomic E-state index is 12.6. The van der Waals surface area contributed by atoms with E-state index >= 15 is 0 Å². The highest BCUT2D eigenvalue weighted by Crippen LogP contribution is 2.15. The van der Waals surface area contributed by atoms with Crippen molar-refractivity contribution < 1.29 is 14.6 Å². The van der Waals surface area contributed by atoms with E-state index in [0.717, 1.165) is 24.3 Å². The number of carbonyl (C=O) groups excluding carboxylic acids is 1. The molecule has 1 saturated heterocycles. The maximum absolute atomic E-state index is 12.6. The van der Waals surface area contributed by atoms with E-state index in [0.29, 0.717) is 0 Å². The number of aryl methyl sites for hydroxylation is 1. The highest BCUT2D eigenvalue weighted by Gasteiger charge is 2.34. The molecule has 2 amide bonds. The molecule has 27 heavy (non-hydrogen) atoms. The van der Waals surface area contributed by atoms with Gasteiger partial charge >= 0.3 is 6.03 Å². The zero-order chi connectivity index (χ0) is 19.2. The number of hydrogen-bond donors (Lipinski definition) is 4. The molecule has 5 heteroatoms. The molecule has 0 unspecified atom stereocenters. The standard InChI is InChI=1S/C22H30N4O/c1-17-8-7-11-20(16-17)24-22(27)23-18(2)21(19-9-5-4-6-10-19)26-14-12-25(3)13-15-26/h4-11,16,18,21H,12-15H2,1-3H3,(H2,23,24,27)/p+2/t18-,21+/m1/s1. The van der Waals surface area contributed by atoms with E-state index in [-0.39, 0.29) is 18.1 Å². The Bertz CT molecular complexity index is 741. The number of anilines is 1. The van der Waals surface area contributed by atoms with Crippen molar-refractivity contribution >= 4 is 11.7 Å². The zero-order valence-electron chi connectivity index (χ0n) is 16.6. The van der Waals surface area contributed by atoms with E-state index in [1.54, 1.807) is 9.80 Å². The first-order valence-electron chi connectivity index (χ1n) is 9.88. The van der Waals surface area contributed by atoms with Gasteiger partial charge in [-0.2, -0.15) is 0 Å². The molecule has 0 aliphatic carbocycles. The minimum atomic E-state index is -0.145. The third-order valence-electron chi connectivity index (χ3n) is 5.48. The first kappa shape index (κ1) is 19.4. The van der Waals surface area contributed by atoms with Crippen LogP contribution in [0.1, 0.15) is 24.1 Å². The molecule has 5 nitrogen and oxygen atoms in total. The van der Waals surface area contributed by atoms with E-state index in [1.807, 2.05) is 37.3 Å². The van der Waals surface area contributed by atoms with Crippen LogP contribution < -0.4 is 20.4 Å². The third kappa shape index (κ3) is 5.31. The number of carbonyl (C=O) groups is 1. The van der Waals surface area contributed by atoms with Gasteiger partial charge in [0.25, 0.3) is 0 Å². The van der Waals surface area contributed by atoms with E-state index in [4.69, 9.17) is 0 Å². The highest BCUT2D eigenvalue weighted by molar-refractivity contribution is 5.89. The summed E-state index contributed by atoms with van der Waals surface area (Å²) in [5.74, 6) is 0. The van der Waals surface area contributed by atoms with Crippen molar-refractivity contribution in [1.82, 2.24) is 5.32 Å². The van der Waals surface area contributed by atoms with Gasteiger partial charge in [0.1, 0.15) is 32.2 Å². The third-order valence-corrected chi connectivity index (χ3v) is 5.48. The van der Waals surface area contributed by atoms with E-state index in [2.05, 4.69) is 48.9 Å². The summed E-state index contributed by atoms with van der Waals surface area (Å²) >= 11 is 0. The molecule has 0 bridgehead atoms. The van der Waals surface area contributed by atoms with Gasteiger partial charge in [0.15, 0.2) is 0 Å². The van der Waals surface area contributed by atoms with Crippen LogP contribution in [-0.2, 0) is 0 Å². The Balaban J connectivity index is 1.70. The minimum absolute atomic E-state index is 0.0330. The first-order chi connectivity index (χ1) is 13.0. The van der Waals surface area contributed by atoms with Crippen LogP contribution in [0.2, 0.25) is 0 Å². The molecule has 0 aromatic heterocycles. The molecule has 0 spiro atoms. The highest BCUT2D eigenvalue weighted by atomic mass is 16.2. The number of piperazine rings is 1. The quantitative estimate of drug-likeness (QED) is 0.616. The number of urea groups is 1. The molecule has 1 fully saturated rings. The van der Waals surface area contributed by atoms with Gasteiger partial charge in [-0.3, -0.25) is 0 Å². The van der Waals surface area contributed by atoms with Crippen LogP contribution in [0.15, 0.2) is 54.6 Å². The van der Waals surface area contributed by atoms with Gasteiger partial charge in [0, 0.05) is 11.3 Å². The normalized spacial score (nSPS) is 21.9. The lowest BCUT2D eigenvalue weighted by Gasteiger charge is -2.36. The summed E-state index contributed by atoms with van der Waals surface area (Å²) in [5.41, 5.74) is 3.24. The van der Waals surface area contributed by atoms with Gasteiger partial charge in [-0.25, -0.2) is 4.79 Å². The van der Waals surface area contributed by atoms with Gasteiger partial charge in [-0.1, -0.05) is 42.5 Å². The summed E-state index contributed by atoms with van der Waals surface area (Å²) in [7, 11) is 2.26. The van der Waals surface area contributed by atoms with Crippen LogP contribution in [0, 0.1) is 6.92 Å². The molecular formula is C22H32N4O+2. The molecule has 1 heterocycles. The molecule has 2 aromatic rings. The van der Waals surface area contributed by atoms with E-state index < -0.39 is 0 Å². The van der Waals surface area contributed by atoms with Crippen LogP contribution in [0.3, 0.4) is 0 Å². The van der Waals surface area contributed by atoms with Crippen LogP contribution in [0.25, 0.3) is 0 Å². The van der Waals surface area contributed by atoms with Crippen molar-refractivity contribution in [2.45, 2.75) is 25.9 Å². The van der Waals surface area contributed by atoms with Crippen LogP contribution in [0.5, 0.6) is 0 Å². The predicted molar refractivity (Wildman–Crippen MR) is 109 cm³/mol. The summed E-state index contributed by atoms with van der Waals surface area (Å²) < 4.78 is 0. The Hall–Kier alpha value is -2.37. The summed E-state index contributed by atoms with van der Waals surface area (Å²) in [6.07, 6.45) is 0. The lowest BCUT2D eigenvalue weighted by Crippen LogP contribution is -3.27. The van der Waals surface area contributed by atoms with Crippen LogP contribution in [-0.4, -0.2) is 45.3 Å². The average molecular weight is 369 g/mol. The topological polar surface area (TPSA) is 50.0 Å². The number of nitrogens with one attached hydrogen (secondary N) is 4. The minimum Gasteiger partial charge on any atom is -0.329 e. The molecule has 1 aliphatic heterocycles. The second-order valence-corrected chi connectivity index (χ2v) is 7.76. The summed E-state index contributed by atoms with van der Waals surface area (Å²) in [4.78, 5) is 15.7. The second kappa shape index (κ2) is 9.02. The molecule has 2 aromatic carbocycles. The fourth-order valence-corrected chi connectivity index (χ4v) is 4.03. The first-order valence-corrected chi connectivity index (χ1v) is 9.88. The number of quaternary nitrogens is 2. The molecule has 3 rings (SSSR count). The van der Waals surface area contributed by atoms with Crippen molar-refractivity contribution in [3.63, 3.8) is 0 Å². The Morgan fingerprint density at radius 2 is 1.70 bits per heavy atom. The molecular weight excluding hydrogens is 336 g/mol. The average Bonchev–Trinajstić information content (AvgIpc) is 2.64. The summed E-state index contributed by atoms with van der Waals surface area (Å²) in [5, 5.41) is 6.14. The van der Waals surface area contributed by atoms with Gasteiger partial charge in [-0.05, 0) is 31.5 Å². The van der Waals surface area contributed by atoms with Gasteiger partial charge < -0.3 is 20.4 Å². The van der Waals surface area contributed by atoms with Crippen molar-refractivity contribution in [3.8, 4) is 0 Å². The Morgan fingerprint density at radius 1 is 1.00 bits per heavy atom. The van der Waals surface area contributed by atoms with Gasteiger partial charge in [-0.15, -0.1) is 0 Å². The number of amides is 2. The zero-order valence-corrected chi connectivity index (χ0v) is 16.6. The number of benzene rings is 2. The van der Waals surface area contributed by atoms with E-state index in [9.17, 15) is 4.79 Å². The van der Waals surface area contributed by atoms with Gasteiger partial charge in [0.05, 0.1) is 13.1 Å². The van der Waals surface area contributed by atoms with Crippen molar-refractivity contribution in [2.75, 3.05) is 38.5 Å². The molecule has 0 saturated carbocycles. The van der Waals surface area contributed by atoms with E-state index in [1.165, 1.54) is 18.7 Å². The fraction of sp³-hybridized carbons (Fsp3) is 0.409. The van der Waals surface area contributed by atoms with Crippen LogP contribution >= 0.6 is 0 Å². The molecule has 1 aliphatic rings. The maximum Gasteiger partial charge on any atom is 0.319 e. The molecule has 4 N–H and O–H groups in total.